The Morgan fingerprint density at radius 1 is 1.53 bits per heavy atom. The molecule has 0 spiro atoms. The molecule has 0 amide bonds. The molecule has 1 aromatic heterocycles. The summed E-state index contributed by atoms with van der Waals surface area (Å²) in [4.78, 5) is 15.6. The smallest absolute Gasteiger partial charge is 0.731 e. The van der Waals surface area contributed by atoms with Crippen molar-refractivity contribution in [1.29, 1.82) is 0 Å². The molecule has 0 unspecified atom stereocenters. The van der Waals surface area contributed by atoms with Gasteiger partial charge in [-0.1, -0.05) is 11.8 Å². The average molecular weight is 286 g/mol. The van der Waals surface area contributed by atoms with Gasteiger partial charge in [0.15, 0.2) is 27.0 Å². The number of aromatic nitrogens is 2. The Morgan fingerprint density at radius 3 is 2.76 bits per heavy atom. The van der Waals surface area contributed by atoms with Gasteiger partial charge in [0, 0.05) is 12.3 Å². The van der Waals surface area contributed by atoms with Crippen LogP contribution in [0.15, 0.2) is 9.95 Å². The zero-order chi connectivity index (χ0) is 11.9. The first-order valence-corrected chi connectivity index (χ1v) is 6.54. The number of fused-ring (bicyclic) bond motifs is 1. The Morgan fingerprint density at radius 2 is 2.18 bits per heavy atom. The fourth-order valence-corrected chi connectivity index (χ4v) is 2.70. The number of nitrogens with two attached hydrogens (primary N) is 1. The molecule has 0 aliphatic carbocycles. The van der Waals surface area contributed by atoms with Gasteiger partial charge < -0.3 is 10.3 Å². The predicted octanol–water partition coefficient (Wildman–Crippen LogP) is -4.19. The third-order valence-electron chi connectivity index (χ3n) is 1.94. The van der Waals surface area contributed by atoms with E-state index < -0.39 is 21.6 Å². The molecule has 0 fully saturated rings. The number of rotatable bonds is 2. The first-order chi connectivity index (χ1) is 7.38. The van der Waals surface area contributed by atoms with Crippen LogP contribution in [-0.2, 0) is 16.8 Å². The van der Waals surface area contributed by atoms with Crippen LogP contribution in [0.2, 0.25) is 0 Å². The molecule has 2 heterocycles. The molecule has 0 atom stereocenters. The van der Waals surface area contributed by atoms with Crippen LogP contribution >= 0.6 is 11.8 Å². The van der Waals surface area contributed by atoms with Crippen LogP contribution in [0.1, 0.15) is 0 Å². The van der Waals surface area contributed by atoms with Crippen molar-refractivity contribution in [2.45, 2.75) is 11.7 Å². The molecule has 0 saturated carbocycles. The summed E-state index contributed by atoms with van der Waals surface area (Å²) in [7, 11) is -4.78. The Hall–Kier alpha value is -0.260. The second kappa shape index (κ2) is 5.16. The standard InChI is InChI=1S/C6H8N4O4S2.Na/c7-4-3(9-16(12,13)14)5(11)10-1-2-15-6(10)8-4;/h9H,1-2,7H2,(H,12,13,14);/q;+1/p-1. The summed E-state index contributed by atoms with van der Waals surface area (Å²) in [6.07, 6.45) is 0. The SMILES string of the molecule is Nc1nc2n(c(=O)c1NS(=O)(=O)[O-])CCS2.[Na+]. The summed E-state index contributed by atoms with van der Waals surface area (Å²) in [5.41, 5.74) is 4.27. The van der Waals surface area contributed by atoms with Crippen molar-refractivity contribution in [3.8, 4) is 0 Å². The predicted molar refractivity (Wildman–Crippen MR) is 57.0 cm³/mol. The Labute approximate surface area is 123 Å². The number of thioether (sulfide) groups is 1. The molecule has 0 aromatic carbocycles. The number of anilines is 2. The summed E-state index contributed by atoms with van der Waals surface area (Å²) in [6.45, 7) is 0.416. The third kappa shape index (κ3) is 3.14. The van der Waals surface area contributed by atoms with Gasteiger partial charge in [0.05, 0.1) is 0 Å². The van der Waals surface area contributed by atoms with Gasteiger partial charge >= 0.3 is 29.6 Å². The van der Waals surface area contributed by atoms with Gasteiger partial charge in [0.25, 0.3) is 5.56 Å². The summed E-state index contributed by atoms with van der Waals surface area (Å²) in [5, 5.41) is 0.427. The van der Waals surface area contributed by atoms with Crippen LogP contribution < -0.4 is 45.6 Å². The summed E-state index contributed by atoms with van der Waals surface area (Å²) in [5.74, 6) is 0.375. The normalized spacial score (nSPS) is 13.9. The van der Waals surface area contributed by atoms with Gasteiger partial charge in [-0.15, -0.1) is 0 Å². The number of hydrogen-bond donors (Lipinski definition) is 2. The van der Waals surface area contributed by atoms with Gasteiger partial charge in [-0.05, 0) is 0 Å². The largest absolute Gasteiger partial charge is 1.00 e. The van der Waals surface area contributed by atoms with Crippen molar-refractivity contribution >= 4 is 33.6 Å². The fraction of sp³-hybridized carbons (Fsp3) is 0.333. The third-order valence-corrected chi connectivity index (χ3v) is 3.35. The monoisotopic (exact) mass is 286 g/mol. The molecule has 3 N–H and O–H groups in total. The second-order valence-electron chi connectivity index (χ2n) is 3.02. The van der Waals surface area contributed by atoms with E-state index in [0.29, 0.717) is 17.5 Å². The van der Waals surface area contributed by atoms with E-state index in [0.717, 1.165) is 0 Å². The van der Waals surface area contributed by atoms with E-state index in [-0.39, 0.29) is 35.4 Å². The zero-order valence-electron chi connectivity index (χ0n) is 8.84. The van der Waals surface area contributed by atoms with Crippen molar-refractivity contribution in [3.05, 3.63) is 10.4 Å². The van der Waals surface area contributed by atoms with Crippen LogP contribution in [0.25, 0.3) is 0 Å². The molecule has 2 rings (SSSR count). The van der Waals surface area contributed by atoms with E-state index in [1.807, 2.05) is 0 Å². The van der Waals surface area contributed by atoms with E-state index >= 15 is 0 Å². The first-order valence-electron chi connectivity index (χ1n) is 4.15. The summed E-state index contributed by atoms with van der Waals surface area (Å²) in [6, 6.07) is 0. The molecule has 17 heavy (non-hydrogen) atoms. The number of nitrogens with one attached hydrogen (secondary N) is 1. The zero-order valence-corrected chi connectivity index (χ0v) is 12.5. The Kier molecular flexibility index (Phi) is 4.49. The van der Waals surface area contributed by atoms with Gasteiger partial charge in [-0.2, -0.15) is 0 Å². The summed E-state index contributed by atoms with van der Waals surface area (Å²) >= 11 is 1.34. The van der Waals surface area contributed by atoms with Crippen molar-refractivity contribution in [2.24, 2.45) is 0 Å². The quantitative estimate of drug-likeness (QED) is 0.320. The van der Waals surface area contributed by atoms with Crippen molar-refractivity contribution in [2.75, 3.05) is 16.2 Å². The van der Waals surface area contributed by atoms with E-state index in [1.165, 1.54) is 21.1 Å². The Balaban J connectivity index is 0.00000144. The van der Waals surface area contributed by atoms with E-state index in [4.69, 9.17) is 5.73 Å². The number of nitrogens with zero attached hydrogens (tertiary/aromatic N) is 2. The van der Waals surface area contributed by atoms with Crippen LogP contribution in [0, 0.1) is 0 Å². The molecule has 0 radical (unpaired) electrons. The van der Waals surface area contributed by atoms with E-state index in [2.05, 4.69) is 4.98 Å². The average Bonchev–Trinajstić information content (AvgIpc) is 2.58. The maximum Gasteiger partial charge on any atom is 1.00 e. The molecule has 1 aliphatic heterocycles. The molecule has 8 nitrogen and oxygen atoms in total. The minimum absolute atomic E-state index is 0. The van der Waals surface area contributed by atoms with Gasteiger partial charge in [-0.3, -0.25) is 14.1 Å². The van der Waals surface area contributed by atoms with E-state index in [9.17, 15) is 17.8 Å². The molecule has 1 aliphatic rings. The number of hydrogen-bond acceptors (Lipinski definition) is 7. The van der Waals surface area contributed by atoms with Crippen LogP contribution in [0.5, 0.6) is 0 Å². The van der Waals surface area contributed by atoms with Crippen LogP contribution in [-0.4, -0.2) is 28.3 Å². The van der Waals surface area contributed by atoms with Crippen molar-refractivity contribution in [3.63, 3.8) is 0 Å². The maximum absolute atomic E-state index is 11.7. The minimum atomic E-state index is -4.78. The summed E-state index contributed by atoms with van der Waals surface area (Å²) < 4.78 is 34.3. The minimum Gasteiger partial charge on any atom is -0.731 e. The second-order valence-corrected chi connectivity index (χ2v) is 5.19. The molecule has 88 valence electrons. The topological polar surface area (TPSA) is 130 Å². The molecule has 11 heteroatoms. The molecular weight excluding hydrogens is 279 g/mol. The number of nitrogen functional groups attached to an aromatic ring is 1. The Bertz CT molecular complexity index is 599. The van der Waals surface area contributed by atoms with Gasteiger partial charge in [-0.25, -0.2) is 13.4 Å². The maximum atomic E-state index is 11.7. The molecular formula is C6H7N4NaO4S2. The van der Waals surface area contributed by atoms with Gasteiger partial charge in [0.2, 0.25) is 0 Å². The fourth-order valence-electron chi connectivity index (χ4n) is 1.31. The molecule has 0 saturated heterocycles. The molecule has 0 bridgehead atoms. The van der Waals surface area contributed by atoms with Crippen molar-refractivity contribution in [1.82, 2.24) is 9.55 Å². The van der Waals surface area contributed by atoms with Crippen LogP contribution in [0.3, 0.4) is 0 Å². The van der Waals surface area contributed by atoms with Gasteiger partial charge in [0.1, 0.15) is 0 Å². The molecule has 1 aromatic rings. The van der Waals surface area contributed by atoms with Crippen molar-refractivity contribution < 1.29 is 42.5 Å². The van der Waals surface area contributed by atoms with Crippen LogP contribution in [0.4, 0.5) is 11.5 Å². The van der Waals surface area contributed by atoms with E-state index in [1.54, 1.807) is 0 Å². The first kappa shape index (κ1) is 14.8.